The standard InChI is InChI=1S/C11H17N3O/c1-9(10-5-3-2-4-6-10)13-8-7-11(12)14-15/h2-6,9,13,15H,7-8H2,1H3,(H2,12,14)/t9-/m1/s1. The Kier molecular flexibility index (Phi) is 4.63. The molecule has 0 heterocycles. The molecule has 0 bridgehead atoms. The second-order valence-corrected chi connectivity index (χ2v) is 3.43. The van der Waals surface area contributed by atoms with Crippen molar-refractivity contribution in [2.75, 3.05) is 6.54 Å². The minimum absolute atomic E-state index is 0.253. The van der Waals surface area contributed by atoms with Gasteiger partial charge in [-0.15, -0.1) is 0 Å². The number of nitrogens with zero attached hydrogens (tertiary/aromatic N) is 1. The van der Waals surface area contributed by atoms with E-state index in [2.05, 4.69) is 29.5 Å². The molecule has 0 unspecified atom stereocenters. The summed E-state index contributed by atoms with van der Waals surface area (Å²) in [5, 5.41) is 14.6. The van der Waals surface area contributed by atoms with Gasteiger partial charge in [0, 0.05) is 19.0 Å². The Hall–Kier alpha value is -1.55. The van der Waals surface area contributed by atoms with Gasteiger partial charge in [0.25, 0.3) is 0 Å². The van der Waals surface area contributed by atoms with Gasteiger partial charge in [0.05, 0.1) is 0 Å². The first kappa shape index (κ1) is 11.5. The highest BCUT2D eigenvalue weighted by Crippen LogP contribution is 2.10. The van der Waals surface area contributed by atoms with Crippen LogP contribution in [0.2, 0.25) is 0 Å². The largest absolute Gasteiger partial charge is 0.409 e. The van der Waals surface area contributed by atoms with Crippen LogP contribution in [0.15, 0.2) is 35.5 Å². The van der Waals surface area contributed by atoms with Gasteiger partial charge in [-0.05, 0) is 12.5 Å². The molecular formula is C11H17N3O. The molecule has 0 fully saturated rings. The first-order valence-corrected chi connectivity index (χ1v) is 4.98. The topological polar surface area (TPSA) is 70.6 Å². The molecule has 0 amide bonds. The van der Waals surface area contributed by atoms with Crippen LogP contribution in [0, 0.1) is 0 Å². The predicted octanol–water partition coefficient (Wildman–Crippen LogP) is 1.47. The van der Waals surface area contributed by atoms with Gasteiger partial charge in [0.2, 0.25) is 0 Å². The van der Waals surface area contributed by atoms with E-state index in [1.807, 2.05) is 18.2 Å². The molecule has 0 spiro atoms. The highest BCUT2D eigenvalue weighted by molar-refractivity contribution is 5.79. The quantitative estimate of drug-likeness (QED) is 0.296. The Morgan fingerprint density at radius 3 is 2.73 bits per heavy atom. The average molecular weight is 207 g/mol. The minimum atomic E-state index is 0.253. The number of hydrogen-bond donors (Lipinski definition) is 3. The first-order valence-electron chi connectivity index (χ1n) is 4.98. The maximum absolute atomic E-state index is 8.35. The van der Waals surface area contributed by atoms with E-state index in [-0.39, 0.29) is 11.9 Å². The van der Waals surface area contributed by atoms with Gasteiger partial charge in [0.1, 0.15) is 5.84 Å². The Bertz CT molecular complexity index is 311. The molecule has 82 valence electrons. The lowest BCUT2D eigenvalue weighted by Crippen LogP contribution is -2.24. The van der Waals surface area contributed by atoms with Gasteiger partial charge >= 0.3 is 0 Å². The number of benzene rings is 1. The maximum atomic E-state index is 8.35. The van der Waals surface area contributed by atoms with Gasteiger partial charge in [-0.1, -0.05) is 35.5 Å². The van der Waals surface area contributed by atoms with Crippen molar-refractivity contribution in [2.45, 2.75) is 19.4 Å². The molecule has 0 saturated heterocycles. The van der Waals surface area contributed by atoms with Crippen molar-refractivity contribution >= 4 is 5.84 Å². The van der Waals surface area contributed by atoms with E-state index < -0.39 is 0 Å². The van der Waals surface area contributed by atoms with Crippen LogP contribution in [-0.4, -0.2) is 17.6 Å². The molecule has 4 nitrogen and oxygen atoms in total. The normalized spacial score (nSPS) is 13.8. The molecule has 0 aliphatic heterocycles. The third kappa shape index (κ3) is 3.99. The van der Waals surface area contributed by atoms with E-state index >= 15 is 0 Å². The molecule has 4 N–H and O–H groups in total. The van der Waals surface area contributed by atoms with E-state index in [4.69, 9.17) is 10.9 Å². The molecule has 0 aromatic heterocycles. The second kappa shape index (κ2) is 6.03. The van der Waals surface area contributed by atoms with Gasteiger partial charge in [-0.3, -0.25) is 0 Å². The second-order valence-electron chi connectivity index (χ2n) is 3.43. The predicted molar refractivity (Wildman–Crippen MR) is 60.9 cm³/mol. The van der Waals surface area contributed by atoms with Crippen molar-refractivity contribution < 1.29 is 5.21 Å². The summed E-state index contributed by atoms with van der Waals surface area (Å²) in [6, 6.07) is 10.4. The van der Waals surface area contributed by atoms with E-state index in [0.717, 1.165) is 0 Å². The lowest BCUT2D eigenvalue weighted by Gasteiger charge is -2.13. The van der Waals surface area contributed by atoms with E-state index in [1.54, 1.807) is 0 Å². The number of amidine groups is 1. The molecule has 0 aliphatic rings. The SMILES string of the molecule is C[C@@H](NCCC(N)=NO)c1ccccc1. The van der Waals surface area contributed by atoms with Crippen LogP contribution in [0.25, 0.3) is 0 Å². The third-order valence-electron chi connectivity index (χ3n) is 2.26. The molecule has 1 aromatic carbocycles. The molecule has 15 heavy (non-hydrogen) atoms. The molecule has 4 heteroatoms. The lowest BCUT2D eigenvalue weighted by molar-refractivity contribution is 0.316. The van der Waals surface area contributed by atoms with E-state index in [0.29, 0.717) is 13.0 Å². The van der Waals surface area contributed by atoms with Crippen molar-refractivity contribution in [3.05, 3.63) is 35.9 Å². The summed E-state index contributed by atoms with van der Waals surface area (Å²) in [6.45, 7) is 2.79. The zero-order valence-corrected chi connectivity index (χ0v) is 8.85. The number of hydrogen-bond acceptors (Lipinski definition) is 3. The summed E-state index contributed by atoms with van der Waals surface area (Å²) in [5.41, 5.74) is 6.59. The van der Waals surface area contributed by atoms with Crippen LogP contribution < -0.4 is 11.1 Å². The van der Waals surface area contributed by atoms with Crippen LogP contribution in [-0.2, 0) is 0 Å². The molecule has 1 rings (SSSR count). The Labute approximate surface area is 89.8 Å². The number of nitrogens with one attached hydrogen (secondary N) is 1. The zero-order chi connectivity index (χ0) is 11.1. The fourth-order valence-corrected chi connectivity index (χ4v) is 1.33. The maximum Gasteiger partial charge on any atom is 0.140 e. The van der Waals surface area contributed by atoms with Crippen LogP contribution >= 0.6 is 0 Å². The number of rotatable bonds is 5. The average Bonchev–Trinajstić information content (AvgIpc) is 2.29. The summed E-state index contributed by atoms with van der Waals surface area (Å²) in [6.07, 6.45) is 0.549. The fraction of sp³-hybridized carbons (Fsp3) is 0.364. The summed E-state index contributed by atoms with van der Waals surface area (Å²) < 4.78 is 0. The molecule has 0 aliphatic carbocycles. The van der Waals surface area contributed by atoms with Gasteiger partial charge < -0.3 is 16.3 Å². The summed E-state index contributed by atoms with van der Waals surface area (Å²) >= 11 is 0. The molecule has 1 atom stereocenters. The summed E-state index contributed by atoms with van der Waals surface area (Å²) in [7, 11) is 0. The lowest BCUT2D eigenvalue weighted by atomic mass is 10.1. The van der Waals surface area contributed by atoms with Crippen molar-refractivity contribution in [1.29, 1.82) is 0 Å². The third-order valence-corrected chi connectivity index (χ3v) is 2.26. The summed E-state index contributed by atoms with van der Waals surface area (Å²) in [4.78, 5) is 0. The first-order chi connectivity index (χ1) is 7.24. The van der Waals surface area contributed by atoms with E-state index in [9.17, 15) is 0 Å². The molecule has 0 radical (unpaired) electrons. The van der Waals surface area contributed by atoms with Gasteiger partial charge in [-0.25, -0.2) is 0 Å². The summed E-state index contributed by atoms with van der Waals surface area (Å²) in [5.74, 6) is 0.253. The highest BCUT2D eigenvalue weighted by Gasteiger charge is 2.03. The van der Waals surface area contributed by atoms with Crippen molar-refractivity contribution in [3.63, 3.8) is 0 Å². The fourth-order valence-electron chi connectivity index (χ4n) is 1.33. The van der Waals surface area contributed by atoms with Gasteiger partial charge in [-0.2, -0.15) is 0 Å². The smallest absolute Gasteiger partial charge is 0.140 e. The number of oxime groups is 1. The van der Waals surface area contributed by atoms with Crippen molar-refractivity contribution in [3.8, 4) is 0 Å². The minimum Gasteiger partial charge on any atom is -0.409 e. The van der Waals surface area contributed by atoms with Crippen LogP contribution in [0.4, 0.5) is 0 Å². The zero-order valence-electron chi connectivity index (χ0n) is 8.85. The highest BCUT2D eigenvalue weighted by atomic mass is 16.4. The van der Waals surface area contributed by atoms with E-state index in [1.165, 1.54) is 5.56 Å². The number of nitrogens with two attached hydrogens (primary N) is 1. The van der Waals surface area contributed by atoms with Crippen molar-refractivity contribution in [2.24, 2.45) is 10.9 Å². The van der Waals surface area contributed by atoms with Crippen LogP contribution in [0.5, 0.6) is 0 Å². The Balaban J connectivity index is 2.34. The molecule has 1 aromatic rings. The van der Waals surface area contributed by atoms with Crippen LogP contribution in [0.1, 0.15) is 24.9 Å². The van der Waals surface area contributed by atoms with Gasteiger partial charge in [0.15, 0.2) is 0 Å². The molecule has 0 saturated carbocycles. The Morgan fingerprint density at radius 2 is 2.13 bits per heavy atom. The Morgan fingerprint density at radius 1 is 1.47 bits per heavy atom. The molecular weight excluding hydrogens is 190 g/mol. The van der Waals surface area contributed by atoms with Crippen LogP contribution in [0.3, 0.4) is 0 Å². The van der Waals surface area contributed by atoms with Crippen molar-refractivity contribution in [1.82, 2.24) is 5.32 Å². The monoisotopic (exact) mass is 207 g/mol.